The Morgan fingerprint density at radius 3 is 2.51 bits per heavy atom. The summed E-state index contributed by atoms with van der Waals surface area (Å²) < 4.78 is 2.31. The van der Waals surface area contributed by atoms with Crippen molar-refractivity contribution in [3.05, 3.63) is 63.9 Å². The van der Waals surface area contributed by atoms with Crippen LogP contribution in [0.15, 0.2) is 41.3 Å². The van der Waals surface area contributed by atoms with Gasteiger partial charge in [-0.05, 0) is 102 Å². The van der Waals surface area contributed by atoms with Crippen molar-refractivity contribution in [2.24, 2.45) is 5.41 Å². The van der Waals surface area contributed by atoms with Crippen LogP contribution >= 0.6 is 15.9 Å². The second kappa shape index (κ2) is 10.0. The quantitative estimate of drug-likeness (QED) is 0.213. The predicted molar refractivity (Wildman–Crippen MR) is 165 cm³/mol. The molecule has 2 aliphatic carbocycles. The van der Waals surface area contributed by atoms with Gasteiger partial charge in [0.05, 0.1) is 5.52 Å². The highest BCUT2D eigenvalue weighted by Crippen LogP contribution is 2.59. The number of hydrogen-bond acceptors (Lipinski definition) is 7. The minimum atomic E-state index is -0.610. The number of aromatic nitrogens is 5. The fourth-order valence-electron chi connectivity index (χ4n) is 6.54. The molecule has 1 aliphatic heterocycles. The number of piperidine rings is 1. The average Bonchev–Trinajstić information content (AvgIpc) is 3.87. The number of amides is 2. The van der Waals surface area contributed by atoms with Crippen LogP contribution in [0.4, 0.5) is 5.82 Å². The molecule has 3 aromatic heterocycles. The van der Waals surface area contributed by atoms with E-state index < -0.39 is 6.04 Å². The van der Waals surface area contributed by atoms with E-state index in [-0.39, 0.29) is 35.6 Å². The monoisotopic (exact) mass is 641 g/mol. The van der Waals surface area contributed by atoms with Gasteiger partial charge in [0, 0.05) is 36.3 Å². The largest absolute Gasteiger partial charge is 0.325 e. The first-order chi connectivity index (χ1) is 20.5. The molecule has 1 N–H and O–H groups in total. The molecule has 1 unspecified atom stereocenters. The number of carbonyl (C=O) groups is 3. The van der Waals surface area contributed by atoms with E-state index in [4.69, 9.17) is 5.10 Å². The van der Waals surface area contributed by atoms with Crippen molar-refractivity contribution in [3.8, 4) is 11.1 Å². The molecule has 3 aliphatic rings. The van der Waals surface area contributed by atoms with Crippen LogP contribution in [0, 0.1) is 19.3 Å². The maximum atomic E-state index is 14.1. The van der Waals surface area contributed by atoms with Crippen molar-refractivity contribution in [3.63, 3.8) is 0 Å². The summed E-state index contributed by atoms with van der Waals surface area (Å²) >= 11 is 3.37. The van der Waals surface area contributed by atoms with E-state index in [0.717, 1.165) is 52.4 Å². The van der Waals surface area contributed by atoms with Gasteiger partial charge < -0.3 is 10.2 Å². The summed E-state index contributed by atoms with van der Waals surface area (Å²) in [5.74, 6) is 0.908. The number of carbonyl (C=O) groups excluding carboxylic acids is 3. The molecule has 2 amide bonds. The number of fused-ring (bicyclic) bond motifs is 2. The molecule has 1 saturated heterocycles. The molecule has 11 heteroatoms. The number of likely N-dealkylation sites (tertiary alicyclic amines) is 1. The molecule has 7 rings (SSSR count). The third-order valence-electron chi connectivity index (χ3n) is 9.15. The van der Waals surface area contributed by atoms with Crippen molar-refractivity contribution in [2.75, 3.05) is 5.32 Å². The van der Waals surface area contributed by atoms with Crippen LogP contribution in [-0.2, 0) is 16.1 Å². The summed E-state index contributed by atoms with van der Waals surface area (Å²) in [6.45, 7) is 7.30. The number of aryl methyl sites for hydroxylation is 2. The highest BCUT2D eigenvalue weighted by molar-refractivity contribution is 9.10. The Morgan fingerprint density at radius 1 is 1.07 bits per heavy atom. The number of Topliss-reactive ketones (excluding diaryl/α,β-unsaturated/α-hetero) is 1. The third-order valence-corrected chi connectivity index (χ3v) is 9.60. The molecule has 3 atom stereocenters. The summed E-state index contributed by atoms with van der Waals surface area (Å²) in [7, 11) is 0. The standard InChI is InChI=1S/C32H32BrN7O3/c1-16-5-8-26(33)36-30(16)37-31(43)24-11-32(4)12-25(32)40(24)27(42)15-39-29-22(19-6-7-19)9-20(21-13-34-18(3)35-14-21)10-23(29)28(38-39)17(2)41/h5,8-10,13-14,19,24-25H,6-7,11-12,15H2,1-4H3,(H,36,37,43)/t24?,25-,32+/m1/s1. The van der Waals surface area contributed by atoms with Crippen molar-refractivity contribution in [2.45, 2.75) is 77.9 Å². The number of nitrogens with zero attached hydrogens (tertiary/aromatic N) is 6. The summed E-state index contributed by atoms with van der Waals surface area (Å²) in [5, 5.41) is 8.39. The molecule has 1 aromatic carbocycles. The van der Waals surface area contributed by atoms with Gasteiger partial charge in [-0.25, -0.2) is 15.0 Å². The molecule has 220 valence electrons. The molecule has 4 heterocycles. The second-order valence-corrected chi connectivity index (χ2v) is 13.3. The molecule has 0 spiro atoms. The molecule has 4 aromatic rings. The maximum absolute atomic E-state index is 14.1. The zero-order chi connectivity index (χ0) is 30.2. The Bertz CT molecular complexity index is 1830. The first kappa shape index (κ1) is 27.8. The molecule has 2 saturated carbocycles. The van der Waals surface area contributed by atoms with Crippen molar-refractivity contribution in [1.29, 1.82) is 0 Å². The van der Waals surface area contributed by atoms with Crippen molar-refractivity contribution >= 4 is 50.2 Å². The number of ketones is 1. The molecular formula is C32H32BrN7O3. The Labute approximate surface area is 257 Å². The van der Waals surface area contributed by atoms with Crippen LogP contribution in [0.3, 0.4) is 0 Å². The number of pyridine rings is 1. The number of nitrogens with one attached hydrogen (secondary N) is 1. The molecular weight excluding hydrogens is 610 g/mol. The molecule has 0 radical (unpaired) electrons. The average molecular weight is 643 g/mol. The van der Waals surface area contributed by atoms with Gasteiger partial charge in [-0.15, -0.1) is 0 Å². The number of rotatable bonds is 7. The first-order valence-electron chi connectivity index (χ1n) is 14.6. The fourth-order valence-corrected chi connectivity index (χ4v) is 6.85. The number of halogens is 1. The van der Waals surface area contributed by atoms with Gasteiger partial charge >= 0.3 is 0 Å². The van der Waals surface area contributed by atoms with Gasteiger partial charge in [0.15, 0.2) is 5.78 Å². The van der Waals surface area contributed by atoms with Crippen LogP contribution < -0.4 is 5.32 Å². The number of benzene rings is 1. The zero-order valence-electron chi connectivity index (χ0n) is 24.5. The lowest BCUT2D eigenvalue weighted by atomic mass is 9.98. The fraction of sp³-hybridized carbons (Fsp3) is 0.406. The Hall–Kier alpha value is -3.99. The molecule has 3 fully saturated rings. The van der Waals surface area contributed by atoms with Gasteiger partial charge in [-0.1, -0.05) is 13.0 Å². The smallest absolute Gasteiger partial charge is 0.248 e. The lowest BCUT2D eigenvalue weighted by Crippen LogP contribution is -2.47. The SMILES string of the molecule is CC(=O)c1nn(CC(=O)N2C(C(=O)Nc3nc(Br)ccc3C)C[C@@]3(C)C[C@@H]23)c2c(C3CC3)cc(-c3cnc(C)nc3)cc12. The Morgan fingerprint density at radius 2 is 1.81 bits per heavy atom. The number of hydrogen-bond donors (Lipinski definition) is 1. The Kier molecular flexibility index (Phi) is 6.50. The topological polar surface area (TPSA) is 123 Å². The van der Waals surface area contributed by atoms with Gasteiger partial charge in [-0.3, -0.25) is 19.1 Å². The molecule has 10 nitrogen and oxygen atoms in total. The van der Waals surface area contributed by atoms with Crippen LogP contribution in [0.5, 0.6) is 0 Å². The van der Waals surface area contributed by atoms with Crippen LogP contribution in [0.2, 0.25) is 0 Å². The van der Waals surface area contributed by atoms with Crippen LogP contribution in [0.25, 0.3) is 22.0 Å². The minimum absolute atomic E-state index is 0.00235. The lowest BCUT2D eigenvalue weighted by Gasteiger charge is -2.27. The van der Waals surface area contributed by atoms with Gasteiger partial charge in [-0.2, -0.15) is 5.10 Å². The van der Waals surface area contributed by atoms with E-state index in [1.54, 1.807) is 22.0 Å². The third kappa shape index (κ3) is 4.93. The lowest BCUT2D eigenvalue weighted by molar-refractivity contribution is -0.138. The highest BCUT2D eigenvalue weighted by atomic mass is 79.9. The molecule has 0 bridgehead atoms. The maximum Gasteiger partial charge on any atom is 0.248 e. The predicted octanol–water partition coefficient (Wildman–Crippen LogP) is 5.37. The van der Waals surface area contributed by atoms with Crippen LogP contribution in [0.1, 0.15) is 72.9 Å². The minimum Gasteiger partial charge on any atom is -0.325 e. The van der Waals surface area contributed by atoms with E-state index in [1.165, 1.54) is 6.92 Å². The first-order valence-corrected chi connectivity index (χ1v) is 15.4. The number of anilines is 1. The van der Waals surface area contributed by atoms with Gasteiger partial charge in [0.2, 0.25) is 11.8 Å². The van der Waals surface area contributed by atoms with Crippen LogP contribution in [-0.4, -0.2) is 59.3 Å². The van der Waals surface area contributed by atoms with E-state index in [2.05, 4.69) is 49.2 Å². The van der Waals surface area contributed by atoms with E-state index in [9.17, 15) is 14.4 Å². The van der Waals surface area contributed by atoms with Crippen molar-refractivity contribution in [1.82, 2.24) is 29.6 Å². The van der Waals surface area contributed by atoms with E-state index >= 15 is 0 Å². The highest BCUT2D eigenvalue weighted by Gasteiger charge is 2.64. The summed E-state index contributed by atoms with van der Waals surface area (Å²) in [5.41, 5.74) is 4.76. The Balaban J connectivity index is 1.24. The molecule has 43 heavy (non-hydrogen) atoms. The van der Waals surface area contributed by atoms with Gasteiger partial charge in [0.1, 0.15) is 34.5 Å². The summed E-state index contributed by atoms with van der Waals surface area (Å²) in [6.07, 6.45) is 7.11. The van der Waals surface area contributed by atoms with Gasteiger partial charge in [0.25, 0.3) is 0 Å². The van der Waals surface area contributed by atoms with Crippen molar-refractivity contribution < 1.29 is 14.4 Å². The van der Waals surface area contributed by atoms with E-state index in [1.807, 2.05) is 32.0 Å². The second-order valence-electron chi connectivity index (χ2n) is 12.5. The zero-order valence-corrected chi connectivity index (χ0v) is 26.1. The normalized spacial score (nSPS) is 22.5. The summed E-state index contributed by atoms with van der Waals surface area (Å²) in [4.78, 5) is 55.3. The van der Waals surface area contributed by atoms with E-state index in [0.29, 0.717) is 34.3 Å². The summed E-state index contributed by atoms with van der Waals surface area (Å²) in [6, 6.07) is 7.17.